The lowest BCUT2D eigenvalue weighted by molar-refractivity contribution is 0.256. The highest BCUT2D eigenvalue weighted by Crippen LogP contribution is 2.44. The molecule has 0 aliphatic carbocycles. The molecular weight excluding hydrogens is 829 g/mol. The molecule has 68 heavy (non-hydrogen) atoms. The van der Waals surface area contributed by atoms with Gasteiger partial charge < -0.3 is 9.80 Å². The Morgan fingerprint density at radius 1 is 0.265 bits per heavy atom. The van der Waals surface area contributed by atoms with Crippen molar-refractivity contribution in [1.82, 2.24) is 0 Å². The quantitative estimate of drug-likeness (QED) is 0.122. The minimum atomic E-state index is -0.0453. The Balaban J connectivity index is 0.883. The highest BCUT2D eigenvalue weighted by molar-refractivity contribution is 6.06. The van der Waals surface area contributed by atoms with Crippen LogP contribution in [0.2, 0.25) is 0 Å². The van der Waals surface area contributed by atoms with E-state index in [-0.39, 0.29) is 6.03 Å². The van der Waals surface area contributed by atoms with Gasteiger partial charge in [0.05, 0.1) is 11.4 Å². The van der Waals surface area contributed by atoms with Gasteiger partial charge in [-0.15, -0.1) is 0 Å². The Labute approximate surface area is 398 Å². The molecule has 1 aliphatic heterocycles. The van der Waals surface area contributed by atoms with E-state index in [9.17, 15) is 4.79 Å². The summed E-state index contributed by atoms with van der Waals surface area (Å²) in [6.07, 6.45) is 0. The zero-order valence-electron chi connectivity index (χ0n) is 37.5. The maximum atomic E-state index is 14.4. The van der Waals surface area contributed by atoms with Gasteiger partial charge in [0, 0.05) is 58.3 Å². The summed E-state index contributed by atoms with van der Waals surface area (Å²) < 4.78 is 0. The van der Waals surface area contributed by atoms with E-state index in [1.165, 1.54) is 11.1 Å². The van der Waals surface area contributed by atoms with Gasteiger partial charge in [-0.1, -0.05) is 182 Å². The molecule has 0 N–H and O–H groups in total. The van der Waals surface area contributed by atoms with Crippen LogP contribution in [0.4, 0.5) is 50.3 Å². The topological polar surface area (TPSA) is 30.0 Å². The minimum absolute atomic E-state index is 0.0453. The van der Waals surface area contributed by atoms with Crippen LogP contribution in [0.5, 0.6) is 0 Å². The molecule has 10 aromatic carbocycles. The standard InChI is InChI=1S/C63H48N4O/c68-63-64(53-37-41-57(42-38-53)66(55-33-29-49(30-34-55)47-17-5-1-6-18-47)61-27-15-13-25-59(61)51-21-9-3-10-22-51)45-46-65(63)54-39-43-58(44-40-54)67(56-35-31-50(32-36-56)48-19-7-2-8-20-48)62-28-16-14-26-60(62)52-23-11-4-12-24-52/h1-44H,45-46H2. The van der Waals surface area contributed by atoms with E-state index < -0.39 is 0 Å². The summed E-state index contributed by atoms with van der Waals surface area (Å²) in [4.78, 5) is 22.7. The predicted molar refractivity (Wildman–Crippen MR) is 284 cm³/mol. The summed E-state index contributed by atoms with van der Waals surface area (Å²) >= 11 is 0. The molecule has 5 nitrogen and oxygen atoms in total. The number of anilines is 8. The Hall–Kier alpha value is -8.93. The molecule has 1 saturated heterocycles. The molecule has 1 fully saturated rings. The number of nitrogens with zero attached hydrogens (tertiary/aromatic N) is 4. The average molecular weight is 877 g/mol. The molecule has 1 heterocycles. The Morgan fingerprint density at radius 3 is 0.868 bits per heavy atom. The SMILES string of the molecule is O=C1N(c2ccc(N(c3ccc(-c4ccccc4)cc3)c3ccccc3-c3ccccc3)cc2)CCN1c1ccc(N(c2ccc(-c3ccccc3)cc2)c2ccccc2-c2ccccc2)cc1. The molecule has 1 aliphatic rings. The Kier molecular flexibility index (Phi) is 11.6. The molecule has 5 heteroatoms. The van der Waals surface area contributed by atoms with E-state index in [2.05, 4.69) is 265 Å². The van der Waals surface area contributed by atoms with E-state index in [4.69, 9.17) is 0 Å². The first-order valence-corrected chi connectivity index (χ1v) is 23.2. The van der Waals surface area contributed by atoms with Crippen molar-refractivity contribution in [3.63, 3.8) is 0 Å². The third kappa shape index (κ3) is 8.41. The average Bonchev–Trinajstić information content (AvgIpc) is 3.81. The van der Waals surface area contributed by atoms with Crippen LogP contribution < -0.4 is 19.6 Å². The molecule has 11 rings (SSSR count). The summed E-state index contributed by atoms with van der Waals surface area (Å²) in [5.74, 6) is 0. The molecule has 326 valence electrons. The van der Waals surface area contributed by atoms with Gasteiger partial charge in [-0.25, -0.2) is 4.79 Å². The zero-order chi connectivity index (χ0) is 45.7. The summed E-state index contributed by atoms with van der Waals surface area (Å²) in [5, 5.41) is 0. The first kappa shape index (κ1) is 41.8. The van der Waals surface area contributed by atoms with Crippen molar-refractivity contribution in [1.29, 1.82) is 0 Å². The summed E-state index contributed by atoms with van der Waals surface area (Å²) in [6, 6.07) is 93.3. The highest BCUT2D eigenvalue weighted by atomic mass is 16.2. The first-order chi connectivity index (χ1) is 33.7. The van der Waals surface area contributed by atoms with Crippen LogP contribution in [0.1, 0.15) is 0 Å². The van der Waals surface area contributed by atoms with Crippen molar-refractivity contribution < 1.29 is 4.79 Å². The maximum absolute atomic E-state index is 14.4. The molecule has 0 radical (unpaired) electrons. The van der Waals surface area contributed by atoms with Crippen molar-refractivity contribution in [2.24, 2.45) is 0 Å². The molecule has 0 spiro atoms. The first-order valence-electron chi connectivity index (χ1n) is 23.2. The van der Waals surface area contributed by atoms with Crippen LogP contribution in [0.3, 0.4) is 0 Å². The number of hydrogen-bond donors (Lipinski definition) is 0. The maximum Gasteiger partial charge on any atom is 0.329 e. The van der Waals surface area contributed by atoms with Gasteiger partial charge in [0.1, 0.15) is 0 Å². The molecule has 0 unspecified atom stereocenters. The van der Waals surface area contributed by atoms with Gasteiger partial charge in [-0.05, 0) is 118 Å². The van der Waals surface area contributed by atoms with Crippen molar-refractivity contribution in [2.45, 2.75) is 0 Å². The van der Waals surface area contributed by atoms with Crippen LogP contribution in [-0.2, 0) is 0 Å². The largest absolute Gasteiger partial charge is 0.329 e. The van der Waals surface area contributed by atoms with Gasteiger partial charge in [-0.2, -0.15) is 0 Å². The normalized spacial score (nSPS) is 12.3. The zero-order valence-corrected chi connectivity index (χ0v) is 37.5. The van der Waals surface area contributed by atoms with Crippen LogP contribution >= 0.6 is 0 Å². The second kappa shape index (κ2) is 18.9. The lowest BCUT2D eigenvalue weighted by Crippen LogP contribution is -2.31. The van der Waals surface area contributed by atoms with Gasteiger partial charge in [-0.3, -0.25) is 9.80 Å². The fourth-order valence-corrected chi connectivity index (χ4v) is 9.36. The Morgan fingerprint density at radius 2 is 0.529 bits per heavy atom. The molecule has 0 saturated carbocycles. The third-order valence-electron chi connectivity index (χ3n) is 12.8. The van der Waals surface area contributed by atoms with Gasteiger partial charge >= 0.3 is 6.03 Å². The van der Waals surface area contributed by atoms with E-state index in [0.29, 0.717) is 13.1 Å². The van der Waals surface area contributed by atoms with Gasteiger partial charge in [0.15, 0.2) is 0 Å². The van der Waals surface area contributed by atoms with Gasteiger partial charge in [0.2, 0.25) is 0 Å². The summed E-state index contributed by atoms with van der Waals surface area (Å²) in [7, 11) is 0. The molecule has 0 aromatic heterocycles. The molecule has 10 aromatic rings. The molecular formula is C63H48N4O. The lowest BCUT2D eigenvalue weighted by atomic mass is 10.0. The molecule has 0 bridgehead atoms. The van der Waals surface area contributed by atoms with Crippen molar-refractivity contribution in [2.75, 3.05) is 32.7 Å². The number of rotatable bonds is 12. The summed E-state index contributed by atoms with van der Waals surface area (Å²) in [6.45, 7) is 1.15. The van der Waals surface area contributed by atoms with Crippen LogP contribution in [-0.4, -0.2) is 19.1 Å². The van der Waals surface area contributed by atoms with Crippen LogP contribution in [0.25, 0.3) is 44.5 Å². The van der Waals surface area contributed by atoms with Crippen molar-refractivity contribution in [3.8, 4) is 44.5 Å². The molecule has 0 atom stereocenters. The van der Waals surface area contributed by atoms with Crippen molar-refractivity contribution >= 4 is 51.5 Å². The van der Waals surface area contributed by atoms with Crippen LogP contribution in [0, 0.1) is 0 Å². The van der Waals surface area contributed by atoms with E-state index >= 15 is 0 Å². The number of benzene rings is 10. The fraction of sp³-hybridized carbons (Fsp3) is 0.0317. The monoisotopic (exact) mass is 876 g/mol. The summed E-state index contributed by atoms with van der Waals surface area (Å²) in [5.41, 5.74) is 17.1. The van der Waals surface area contributed by atoms with E-state index in [1.807, 2.05) is 21.9 Å². The number of carbonyl (C=O) groups is 1. The van der Waals surface area contributed by atoms with Gasteiger partial charge in [0.25, 0.3) is 0 Å². The fourth-order valence-electron chi connectivity index (χ4n) is 9.36. The van der Waals surface area contributed by atoms with Crippen LogP contribution in [0.15, 0.2) is 267 Å². The third-order valence-corrected chi connectivity index (χ3v) is 12.8. The van der Waals surface area contributed by atoms with E-state index in [0.717, 1.165) is 78.9 Å². The van der Waals surface area contributed by atoms with Crippen molar-refractivity contribution in [3.05, 3.63) is 267 Å². The predicted octanol–water partition coefficient (Wildman–Crippen LogP) is 16.7. The lowest BCUT2D eigenvalue weighted by Gasteiger charge is -2.29. The number of hydrogen-bond acceptors (Lipinski definition) is 3. The number of urea groups is 1. The minimum Gasteiger partial charge on any atom is -0.310 e. The Bertz CT molecular complexity index is 3050. The number of carbonyl (C=O) groups excluding carboxylic acids is 1. The second-order valence-corrected chi connectivity index (χ2v) is 16.9. The van der Waals surface area contributed by atoms with E-state index in [1.54, 1.807) is 0 Å². The number of para-hydroxylation sites is 2. The smallest absolute Gasteiger partial charge is 0.310 e. The highest BCUT2D eigenvalue weighted by Gasteiger charge is 2.31. The number of amides is 2. The molecule has 2 amide bonds. The second-order valence-electron chi connectivity index (χ2n) is 16.9.